The molecule has 0 saturated heterocycles. The second-order valence-electron chi connectivity index (χ2n) is 10.5. The van der Waals surface area contributed by atoms with Gasteiger partial charge in [0.05, 0.1) is 45.2 Å². The first-order valence-electron chi connectivity index (χ1n) is 14.0. The SMILES string of the molecule is COc1ccccc1C(=O)NS(=O)(=O)c1ccc(C(=O)NC2CC2)cc1.Cc1nn(-c2cc(NS(C)(=O)=O)c(Cl)cc2Cl)c(=O)n1C(F)F. The van der Waals surface area contributed by atoms with Gasteiger partial charge in [-0.05, 0) is 68.3 Å². The molecule has 1 heterocycles. The molecule has 0 bridgehead atoms. The van der Waals surface area contributed by atoms with Crippen LogP contribution < -0.4 is 25.2 Å². The number of hydrogen-bond acceptors (Lipinski definition) is 9. The van der Waals surface area contributed by atoms with E-state index < -0.39 is 38.2 Å². The van der Waals surface area contributed by atoms with Gasteiger partial charge in [0.25, 0.3) is 21.8 Å². The van der Waals surface area contributed by atoms with Gasteiger partial charge in [0.15, 0.2) is 0 Å². The third kappa shape index (κ3) is 9.34. The maximum atomic E-state index is 12.8. The monoisotopic (exact) mass is 760 g/mol. The molecule has 0 spiro atoms. The Balaban J connectivity index is 0.000000223. The lowest BCUT2D eigenvalue weighted by molar-refractivity contribution is 0.0640. The summed E-state index contributed by atoms with van der Waals surface area (Å²) in [5.74, 6) is -0.992. The summed E-state index contributed by atoms with van der Waals surface area (Å²) in [4.78, 5) is 36.1. The van der Waals surface area contributed by atoms with Crippen LogP contribution in [0.15, 0.2) is 70.4 Å². The van der Waals surface area contributed by atoms with Crippen LogP contribution in [-0.4, -0.2) is 62.4 Å². The molecule has 0 atom stereocenters. The summed E-state index contributed by atoms with van der Waals surface area (Å²) in [6, 6.07) is 14.3. The van der Waals surface area contributed by atoms with E-state index in [2.05, 4.69) is 15.1 Å². The number of rotatable bonds is 10. The van der Waals surface area contributed by atoms with E-state index in [0.717, 1.165) is 25.2 Å². The lowest BCUT2D eigenvalue weighted by atomic mass is 10.2. The van der Waals surface area contributed by atoms with Crippen LogP contribution in [-0.2, 0) is 20.0 Å². The van der Waals surface area contributed by atoms with E-state index in [1.54, 1.807) is 18.2 Å². The first kappa shape index (κ1) is 37.3. The Labute approximate surface area is 289 Å². The molecule has 1 saturated carbocycles. The van der Waals surface area contributed by atoms with Crippen LogP contribution in [0.4, 0.5) is 14.5 Å². The van der Waals surface area contributed by atoms with Crippen LogP contribution in [0.5, 0.6) is 5.75 Å². The number of anilines is 1. The van der Waals surface area contributed by atoms with Gasteiger partial charge in [-0.25, -0.2) is 30.9 Å². The topological polar surface area (TPSA) is 188 Å². The van der Waals surface area contributed by atoms with Gasteiger partial charge >= 0.3 is 12.2 Å². The highest BCUT2D eigenvalue weighted by Crippen LogP contribution is 2.31. The Morgan fingerprint density at radius 2 is 1.61 bits per heavy atom. The molecule has 1 aliphatic rings. The molecule has 5 rings (SSSR count). The van der Waals surface area contributed by atoms with E-state index in [9.17, 15) is 40.0 Å². The molecular weight excluding hydrogens is 733 g/mol. The molecule has 0 unspecified atom stereocenters. The average molecular weight is 762 g/mol. The number of alkyl halides is 2. The maximum absolute atomic E-state index is 12.8. The summed E-state index contributed by atoms with van der Waals surface area (Å²) < 4.78 is 83.2. The maximum Gasteiger partial charge on any atom is 0.355 e. The molecule has 262 valence electrons. The number of methoxy groups -OCH3 is 1. The minimum atomic E-state index is -4.07. The summed E-state index contributed by atoms with van der Waals surface area (Å²) in [7, 11) is -6.33. The van der Waals surface area contributed by atoms with Crippen LogP contribution >= 0.6 is 23.2 Å². The normalized spacial score (nSPS) is 12.9. The molecule has 3 N–H and O–H groups in total. The molecule has 4 aromatic rings. The van der Waals surface area contributed by atoms with Gasteiger partial charge in [-0.1, -0.05) is 35.3 Å². The van der Waals surface area contributed by atoms with Crippen LogP contribution in [0.2, 0.25) is 10.0 Å². The quantitative estimate of drug-likeness (QED) is 0.214. The Morgan fingerprint density at radius 1 is 0.980 bits per heavy atom. The van der Waals surface area contributed by atoms with Crippen LogP contribution in [0, 0.1) is 6.92 Å². The van der Waals surface area contributed by atoms with Crippen LogP contribution in [0.1, 0.15) is 45.9 Å². The van der Waals surface area contributed by atoms with Gasteiger partial charge < -0.3 is 10.1 Å². The van der Waals surface area contributed by atoms with Crippen molar-refractivity contribution in [3.05, 3.63) is 98.1 Å². The number of benzene rings is 3. The summed E-state index contributed by atoms with van der Waals surface area (Å²) >= 11 is 11.8. The minimum absolute atomic E-state index is 0.0257. The third-order valence-corrected chi connectivity index (χ3v) is 9.21. The number of nitrogens with one attached hydrogen (secondary N) is 3. The number of hydrogen-bond donors (Lipinski definition) is 3. The van der Waals surface area contributed by atoms with E-state index in [-0.39, 0.29) is 60.0 Å². The predicted octanol–water partition coefficient (Wildman–Crippen LogP) is 4.12. The van der Waals surface area contributed by atoms with Crippen molar-refractivity contribution in [3.8, 4) is 11.4 Å². The molecule has 1 fully saturated rings. The van der Waals surface area contributed by atoms with Crippen molar-refractivity contribution in [2.45, 2.75) is 37.3 Å². The number of aromatic nitrogens is 3. The van der Waals surface area contributed by atoms with Gasteiger partial charge in [-0.15, -0.1) is 5.10 Å². The highest BCUT2D eigenvalue weighted by atomic mass is 35.5. The van der Waals surface area contributed by atoms with Gasteiger partial charge in [-0.2, -0.15) is 13.5 Å². The highest BCUT2D eigenvalue weighted by molar-refractivity contribution is 7.92. The Hall–Kier alpha value is -4.52. The van der Waals surface area contributed by atoms with E-state index >= 15 is 0 Å². The van der Waals surface area contributed by atoms with Crippen molar-refractivity contribution < 1.29 is 39.9 Å². The Bertz CT molecular complexity index is 2170. The van der Waals surface area contributed by atoms with Gasteiger partial charge in [0.2, 0.25) is 10.0 Å². The summed E-state index contributed by atoms with van der Waals surface area (Å²) in [6.07, 6.45) is 2.83. The van der Waals surface area contributed by atoms with Gasteiger partial charge in [0.1, 0.15) is 11.6 Å². The zero-order valence-corrected chi connectivity index (χ0v) is 28.9. The molecule has 20 heteroatoms. The molecule has 1 aromatic heterocycles. The first-order valence-corrected chi connectivity index (χ1v) is 18.1. The number of para-hydroxylation sites is 1. The van der Waals surface area contributed by atoms with E-state index in [0.29, 0.717) is 10.2 Å². The molecule has 3 aromatic carbocycles. The molecule has 49 heavy (non-hydrogen) atoms. The largest absolute Gasteiger partial charge is 0.496 e. The zero-order valence-electron chi connectivity index (χ0n) is 25.8. The number of carbonyl (C=O) groups is 2. The zero-order chi connectivity index (χ0) is 36.3. The van der Waals surface area contributed by atoms with Crippen molar-refractivity contribution in [2.75, 3.05) is 18.1 Å². The lowest BCUT2D eigenvalue weighted by Gasteiger charge is -2.10. The third-order valence-electron chi connectivity index (χ3n) is 6.65. The number of carbonyl (C=O) groups excluding carboxylic acids is 2. The smallest absolute Gasteiger partial charge is 0.355 e. The number of amides is 2. The molecule has 0 aliphatic heterocycles. The van der Waals surface area contributed by atoms with Crippen molar-refractivity contribution in [1.29, 1.82) is 0 Å². The van der Waals surface area contributed by atoms with Crippen molar-refractivity contribution in [1.82, 2.24) is 24.4 Å². The minimum Gasteiger partial charge on any atom is -0.496 e. The second kappa shape index (κ2) is 14.9. The lowest BCUT2D eigenvalue weighted by Crippen LogP contribution is -2.31. The Kier molecular flexibility index (Phi) is 11.4. The fraction of sp³-hybridized carbons (Fsp3) is 0.241. The number of aryl methyl sites for hydroxylation is 1. The first-order chi connectivity index (χ1) is 22.9. The average Bonchev–Trinajstić information content (AvgIpc) is 3.79. The number of sulfonamides is 2. The van der Waals surface area contributed by atoms with Crippen LogP contribution in [0.25, 0.3) is 5.69 Å². The van der Waals surface area contributed by atoms with E-state index in [4.69, 9.17) is 27.9 Å². The summed E-state index contributed by atoms with van der Waals surface area (Å²) in [5, 5.41) is 6.45. The number of nitrogens with zero attached hydrogens (tertiary/aromatic N) is 3. The summed E-state index contributed by atoms with van der Waals surface area (Å²) in [5.41, 5.74) is -0.794. The van der Waals surface area contributed by atoms with Crippen LogP contribution in [0.3, 0.4) is 0 Å². The molecular formula is C29H28Cl2F2N6O8S2. The number of halogens is 4. The number of ether oxygens (including phenoxy) is 1. The molecule has 2 amide bonds. The molecule has 0 radical (unpaired) electrons. The van der Waals surface area contributed by atoms with E-state index in [1.807, 2.05) is 4.72 Å². The van der Waals surface area contributed by atoms with Crippen molar-refractivity contribution >= 4 is 60.8 Å². The predicted molar refractivity (Wildman–Crippen MR) is 177 cm³/mol. The van der Waals surface area contributed by atoms with Crippen molar-refractivity contribution in [3.63, 3.8) is 0 Å². The molecule has 14 nitrogen and oxygen atoms in total. The second-order valence-corrected chi connectivity index (χ2v) is 14.7. The standard InChI is InChI=1S/C18H18N2O5S.C11H10Cl2F2N4O3S/c1-25-16-5-3-2-4-15(16)18(22)20-26(23,24)14-10-6-12(7-11-14)17(21)19-13-8-9-13;1-5-16-19(11(20)18(5)10(14)15)9-4-8(17-23(2,21)22)6(12)3-7(9)13/h2-7,10-11,13H,8-9H2,1H3,(H,19,21)(H,20,22);3-4,10,17H,1-2H3. The van der Waals surface area contributed by atoms with Gasteiger partial charge in [0, 0.05) is 11.6 Å². The fourth-order valence-corrected chi connectivity index (χ4v) is 6.29. The van der Waals surface area contributed by atoms with E-state index in [1.165, 1.54) is 50.4 Å². The Morgan fingerprint density at radius 3 is 2.16 bits per heavy atom. The highest BCUT2D eigenvalue weighted by Gasteiger charge is 2.25. The van der Waals surface area contributed by atoms with Gasteiger partial charge in [-0.3, -0.25) is 14.3 Å². The van der Waals surface area contributed by atoms with Crippen molar-refractivity contribution in [2.24, 2.45) is 0 Å². The molecule has 1 aliphatic carbocycles. The fourth-order valence-electron chi connectivity index (χ4n) is 4.19. The summed E-state index contributed by atoms with van der Waals surface area (Å²) in [6.45, 7) is -1.85.